The van der Waals surface area contributed by atoms with E-state index in [1.54, 1.807) is 30.3 Å². The monoisotopic (exact) mass is 341 g/mol. The van der Waals surface area contributed by atoms with Gasteiger partial charge < -0.3 is 16.0 Å². The number of rotatable bonds is 5. The van der Waals surface area contributed by atoms with Crippen LogP contribution in [0.25, 0.3) is 0 Å². The predicted molar refractivity (Wildman–Crippen MR) is 95.8 cm³/mol. The van der Waals surface area contributed by atoms with Crippen molar-refractivity contribution in [2.45, 2.75) is 25.8 Å². The molecule has 1 aromatic carbocycles. The van der Waals surface area contributed by atoms with Crippen LogP contribution in [0.1, 0.15) is 46.7 Å². The Morgan fingerprint density at radius 2 is 2.04 bits per heavy atom. The Morgan fingerprint density at radius 3 is 2.72 bits per heavy atom. The summed E-state index contributed by atoms with van der Waals surface area (Å²) in [6, 6.07) is 8.83. The molecule has 0 saturated carbocycles. The fourth-order valence-corrected chi connectivity index (χ4v) is 2.88. The van der Waals surface area contributed by atoms with E-state index in [-0.39, 0.29) is 11.8 Å². The molecule has 0 spiro atoms. The second-order valence-electron chi connectivity index (χ2n) is 6.07. The number of carbonyl (C=O) groups is 2. The third-order valence-electron chi connectivity index (χ3n) is 4.23. The molecule has 2 heterocycles. The lowest BCUT2D eigenvalue weighted by Gasteiger charge is -2.22. The Bertz CT molecular complexity index is 732. The maximum absolute atomic E-state index is 12.3. The fourth-order valence-electron chi connectivity index (χ4n) is 2.88. The molecule has 2 amide bonds. The zero-order chi connectivity index (χ0) is 17.6. The van der Waals surface area contributed by atoms with Gasteiger partial charge in [-0.15, -0.1) is 0 Å². The molecule has 0 radical (unpaired) electrons. The van der Waals surface area contributed by atoms with Crippen LogP contribution in [0.15, 0.2) is 36.5 Å². The molecule has 3 rings (SSSR count). The van der Waals surface area contributed by atoms with Gasteiger partial charge in [-0.2, -0.15) is 5.10 Å². The van der Waals surface area contributed by atoms with Gasteiger partial charge in [0.15, 0.2) is 5.69 Å². The Morgan fingerprint density at radius 1 is 1.24 bits per heavy atom. The van der Waals surface area contributed by atoms with Crippen LogP contribution in [0.2, 0.25) is 0 Å². The highest BCUT2D eigenvalue weighted by Crippen LogP contribution is 2.16. The predicted octanol–water partition coefficient (Wildman–Crippen LogP) is 1.81. The molecule has 0 aliphatic carbocycles. The molecule has 1 fully saturated rings. The molecule has 1 unspecified atom stereocenters. The average molecular weight is 341 g/mol. The van der Waals surface area contributed by atoms with E-state index in [2.05, 4.69) is 21.0 Å². The molecule has 132 valence electrons. The van der Waals surface area contributed by atoms with Crippen LogP contribution >= 0.6 is 0 Å². The topological polar surface area (TPSA) is 88.0 Å². The summed E-state index contributed by atoms with van der Waals surface area (Å²) in [5.41, 5.74) is 1.58. The number of aromatic nitrogens is 2. The van der Waals surface area contributed by atoms with E-state index in [0.29, 0.717) is 29.5 Å². The van der Waals surface area contributed by atoms with E-state index in [9.17, 15) is 9.59 Å². The minimum Gasteiger partial charge on any atom is -0.352 e. The molecule has 2 aromatic rings. The maximum atomic E-state index is 12.3. The van der Waals surface area contributed by atoms with E-state index < -0.39 is 0 Å². The van der Waals surface area contributed by atoms with Crippen LogP contribution < -0.4 is 16.0 Å². The number of anilines is 1. The van der Waals surface area contributed by atoms with E-state index in [4.69, 9.17) is 0 Å². The third-order valence-corrected chi connectivity index (χ3v) is 4.23. The molecule has 7 heteroatoms. The van der Waals surface area contributed by atoms with E-state index in [1.165, 1.54) is 0 Å². The standard InChI is InChI=1S/C18H23N5O2/c1-2-20-17(24)13-5-7-14(8-6-13)21-18(25)16-9-11-23(22-16)15-4-3-10-19-12-15/h5-9,11,15,19H,2-4,10,12H2,1H3,(H,20,24)(H,21,25). The highest BCUT2D eigenvalue weighted by molar-refractivity contribution is 6.03. The van der Waals surface area contributed by atoms with Gasteiger partial charge in [-0.05, 0) is 56.6 Å². The van der Waals surface area contributed by atoms with Crippen molar-refractivity contribution in [2.75, 3.05) is 25.0 Å². The minimum atomic E-state index is -0.256. The summed E-state index contributed by atoms with van der Waals surface area (Å²) in [5.74, 6) is -0.381. The molecular weight excluding hydrogens is 318 g/mol. The number of piperidine rings is 1. The smallest absolute Gasteiger partial charge is 0.276 e. The second kappa shape index (κ2) is 7.94. The van der Waals surface area contributed by atoms with Crippen LogP contribution in [0.3, 0.4) is 0 Å². The van der Waals surface area contributed by atoms with Crippen LogP contribution in [0.5, 0.6) is 0 Å². The lowest BCUT2D eigenvalue weighted by atomic mass is 10.1. The fraction of sp³-hybridized carbons (Fsp3) is 0.389. The zero-order valence-corrected chi connectivity index (χ0v) is 14.3. The van der Waals surface area contributed by atoms with Crippen LogP contribution in [0.4, 0.5) is 5.69 Å². The van der Waals surface area contributed by atoms with Crippen molar-refractivity contribution in [1.29, 1.82) is 0 Å². The number of nitrogens with one attached hydrogen (secondary N) is 3. The number of nitrogens with zero attached hydrogens (tertiary/aromatic N) is 2. The minimum absolute atomic E-state index is 0.125. The summed E-state index contributed by atoms with van der Waals surface area (Å²) in [7, 11) is 0. The summed E-state index contributed by atoms with van der Waals surface area (Å²) in [6.07, 6.45) is 4.03. The maximum Gasteiger partial charge on any atom is 0.276 e. The largest absolute Gasteiger partial charge is 0.352 e. The van der Waals surface area contributed by atoms with Crippen molar-refractivity contribution < 1.29 is 9.59 Å². The summed E-state index contributed by atoms with van der Waals surface area (Å²) >= 11 is 0. The van der Waals surface area contributed by atoms with E-state index in [1.807, 2.05) is 17.8 Å². The Labute approximate surface area is 146 Å². The molecule has 1 saturated heterocycles. The molecule has 7 nitrogen and oxygen atoms in total. The van der Waals surface area contributed by atoms with Crippen molar-refractivity contribution >= 4 is 17.5 Å². The van der Waals surface area contributed by atoms with Crippen LogP contribution in [0, 0.1) is 0 Å². The number of amides is 2. The first-order valence-electron chi connectivity index (χ1n) is 8.63. The lowest BCUT2D eigenvalue weighted by Crippen LogP contribution is -2.32. The van der Waals surface area contributed by atoms with Crippen LogP contribution in [-0.2, 0) is 0 Å². The Balaban J connectivity index is 1.62. The molecule has 0 bridgehead atoms. The van der Waals surface area contributed by atoms with Gasteiger partial charge in [0, 0.05) is 30.5 Å². The molecule has 1 aliphatic rings. The van der Waals surface area contributed by atoms with Gasteiger partial charge in [0.05, 0.1) is 6.04 Å². The van der Waals surface area contributed by atoms with Crippen molar-refractivity contribution in [2.24, 2.45) is 0 Å². The SMILES string of the molecule is CCNC(=O)c1ccc(NC(=O)c2ccn(C3CCCNC3)n2)cc1. The van der Waals surface area contributed by atoms with Crippen molar-refractivity contribution in [1.82, 2.24) is 20.4 Å². The number of carbonyl (C=O) groups excluding carboxylic acids is 2. The van der Waals surface area contributed by atoms with Gasteiger partial charge in [-0.1, -0.05) is 0 Å². The second-order valence-corrected chi connectivity index (χ2v) is 6.07. The van der Waals surface area contributed by atoms with Crippen molar-refractivity contribution in [3.05, 3.63) is 47.8 Å². The molecule has 1 atom stereocenters. The summed E-state index contributed by atoms with van der Waals surface area (Å²) < 4.78 is 1.86. The van der Waals surface area contributed by atoms with Gasteiger partial charge in [0.2, 0.25) is 0 Å². The normalized spacial score (nSPS) is 17.1. The van der Waals surface area contributed by atoms with Gasteiger partial charge in [0.25, 0.3) is 11.8 Å². The van der Waals surface area contributed by atoms with Crippen molar-refractivity contribution in [3.8, 4) is 0 Å². The van der Waals surface area contributed by atoms with Gasteiger partial charge >= 0.3 is 0 Å². The van der Waals surface area contributed by atoms with Crippen molar-refractivity contribution in [3.63, 3.8) is 0 Å². The van der Waals surface area contributed by atoms with Crippen LogP contribution in [-0.4, -0.2) is 41.2 Å². The average Bonchev–Trinajstić information content (AvgIpc) is 3.13. The van der Waals surface area contributed by atoms with Gasteiger partial charge in [-0.25, -0.2) is 0 Å². The molecule has 1 aromatic heterocycles. The number of hydrogen-bond donors (Lipinski definition) is 3. The highest BCUT2D eigenvalue weighted by Gasteiger charge is 2.17. The quantitative estimate of drug-likeness (QED) is 0.774. The van der Waals surface area contributed by atoms with Gasteiger partial charge in [0.1, 0.15) is 0 Å². The van der Waals surface area contributed by atoms with E-state index in [0.717, 1.165) is 25.9 Å². The Hall–Kier alpha value is -2.67. The molecule has 1 aliphatic heterocycles. The summed E-state index contributed by atoms with van der Waals surface area (Å²) in [6.45, 7) is 4.37. The van der Waals surface area contributed by atoms with E-state index >= 15 is 0 Å². The first-order valence-corrected chi connectivity index (χ1v) is 8.63. The molecule has 25 heavy (non-hydrogen) atoms. The summed E-state index contributed by atoms with van der Waals surface area (Å²) in [5, 5.41) is 13.3. The Kier molecular flexibility index (Phi) is 5.45. The number of hydrogen-bond acceptors (Lipinski definition) is 4. The molecular formula is C18H23N5O2. The lowest BCUT2D eigenvalue weighted by molar-refractivity contribution is 0.0955. The third kappa shape index (κ3) is 4.24. The number of benzene rings is 1. The summed E-state index contributed by atoms with van der Waals surface area (Å²) in [4.78, 5) is 24.1. The molecule has 3 N–H and O–H groups in total. The highest BCUT2D eigenvalue weighted by atomic mass is 16.2. The zero-order valence-electron chi connectivity index (χ0n) is 14.3. The first kappa shape index (κ1) is 17.2. The van der Waals surface area contributed by atoms with Gasteiger partial charge in [-0.3, -0.25) is 14.3 Å². The first-order chi connectivity index (χ1) is 12.2.